The summed E-state index contributed by atoms with van der Waals surface area (Å²) in [7, 11) is 0. The van der Waals surface area contributed by atoms with E-state index in [-0.39, 0.29) is 28.4 Å². The first kappa shape index (κ1) is 18.2. The Morgan fingerprint density at radius 3 is 1.92 bits per heavy atom. The molecule has 0 atom stereocenters. The molecule has 1 aromatic rings. The molecule has 130 valence electrons. The summed E-state index contributed by atoms with van der Waals surface area (Å²) in [6.45, 7) is 12.3. The minimum atomic E-state index is -0.343. The molecule has 0 radical (unpaired) electrons. The van der Waals surface area contributed by atoms with E-state index in [1.54, 1.807) is 12.1 Å². The van der Waals surface area contributed by atoms with Crippen LogP contribution in [0.25, 0.3) is 0 Å². The van der Waals surface area contributed by atoms with Crippen molar-refractivity contribution in [3.05, 3.63) is 35.4 Å². The second kappa shape index (κ2) is 6.08. The number of imide groups is 1. The van der Waals surface area contributed by atoms with Crippen molar-refractivity contribution < 1.29 is 14.7 Å². The van der Waals surface area contributed by atoms with Crippen molar-refractivity contribution in [2.24, 2.45) is 0 Å². The van der Waals surface area contributed by atoms with Gasteiger partial charge in [-0.2, -0.15) is 0 Å². The summed E-state index contributed by atoms with van der Waals surface area (Å²) in [6.07, 6.45) is 4.43. The van der Waals surface area contributed by atoms with Crippen LogP contribution >= 0.6 is 0 Å². The molecule has 0 saturated carbocycles. The van der Waals surface area contributed by atoms with Gasteiger partial charge in [0.2, 0.25) is 0 Å². The van der Waals surface area contributed by atoms with Gasteiger partial charge in [-0.1, -0.05) is 48.0 Å². The van der Waals surface area contributed by atoms with Crippen LogP contribution in [0.5, 0.6) is 5.75 Å². The number of nitrogens with zero attached hydrogens (tertiary/aromatic N) is 1. The summed E-state index contributed by atoms with van der Waals surface area (Å²) in [6, 6.07) is 3.53. The molecular weight excluding hydrogens is 302 g/mol. The predicted molar refractivity (Wildman–Crippen MR) is 96.4 cm³/mol. The van der Waals surface area contributed by atoms with Gasteiger partial charge in [0.25, 0.3) is 11.8 Å². The molecule has 2 rings (SSSR count). The van der Waals surface area contributed by atoms with Gasteiger partial charge in [0.1, 0.15) is 5.75 Å². The zero-order valence-corrected chi connectivity index (χ0v) is 15.4. The maximum Gasteiger partial charge on any atom is 0.258 e. The van der Waals surface area contributed by atoms with Gasteiger partial charge >= 0.3 is 0 Å². The molecule has 0 aromatic heterocycles. The third kappa shape index (κ3) is 3.23. The Balaban J connectivity index is 2.70. The normalized spacial score (nSPS) is 15.5. The largest absolute Gasteiger partial charge is 0.507 e. The molecule has 4 nitrogen and oxygen atoms in total. The molecule has 0 saturated heterocycles. The number of amides is 2. The van der Waals surface area contributed by atoms with E-state index in [1.807, 2.05) is 20.8 Å². The van der Waals surface area contributed by atoms with Gasteiger partial charge in [-0.3, -0.25) is 9.59 Å². The van der Waals surface area contributed by atoms with Crippen LogP contribution in [0.3, 0.4) is 0 Å². The topological polar surface area (TPSA) is 57.6 Å². The zero-order valence-electron chi connectivity index (χ0n) is 15.4. The SMILES string of the molecule is CCCC(C)(C)c1cc(N2C(=O)C=CC2=O)cc(C(C)(C)C)c1O. The molecule has 0 bridgehead atoms. The fourth-order valence-corrected chi connectivity index (χ4v) is 3.25. The Morgan fingerprint density at radius 2 is 1.46 bits per heavy atom. The number of hydrogen-bond donors (Lipinski definition) is 1. The standard InChI is InChI=1S/C20H27NO3/c1-7-10-20(5,6)15-12-13(21-16(22)8-9-17(21)23)11-14(18(15)24)19(2,3)4/h8-9,11-12,24H,7,10H2,1-6H3. The second-order valence-corrected chi connectivity index (χ2v) is 8.12. The fourth-order valence-electron chi connectivity index (χ4n) is 3.25. The van der Waals surface area contributed by atoms with E-state index >= 15 is 0 Å². The highest BCUT2D eigenvalue weighted by molar-refractivity contribution is 6.28. The van der Waals surface area contributed by atoms with Crippen molar-refractivity contribution in [1.29, 1.82) is 0 Å². The van der Waals surface area contributed by atoms with E-state index in [1.165, 1.54) is 17.1 Å². The number of rotatable bonds is 4. The number of carbonyl (C=O) groups excluding carboxylic acids is 2. The third-order valence-electron chi connectivity index (χ3n) is 4.57. The molecule has 1 aromatic carbocycles. The molecule has 1 aliphatic rings. The number of phenolic OH excluding ortho intramolecular Hbond substituents is 1. The lowest BCUT2D eigenvalue weighted by molar-refractivity contribution is -0.119. The lowest BCUT2D eigenvalue weighted by Gasteiger charge is -2.31. The molecule has 0 aliphatic carbocycles. The molecule has 4 heteroatoms. The smallest absolute Gasteiger partial charge is 0.258 e. The highest BCUT2D eigenvalue weighted by Gasteiger charge is 2.32. The summed E-state index contributed by atoms with van der Waals surface area (Å²) in [5.41, 5.74) is 1.48. The van der Waals surface area contributed by atoms with Gasteiger partial charge in [-0.25, -0.2) is 4.90 Å². The maximum absolute atomic E-state index is 12.1. The Kier molecular flexibility index (Phi) is 4.62. The van der Waals surface area contributed by atoms with E-state index in [0.717, 1.165) is 24.0 Å². The Bertz CT molecular complexity index is 690. The van der Waals surface area contributed by atoms with Crippen LogP contribution in [0.4, 0.5) is 5.69 Å². The van der Waals surface area contributed by atoms with Gasteiger partial charge in [0, 0.05) is 23.3 Å². The number of benzene rings is 1. The molecule has 1 N–H and O–H groups in total. The van der Waals surface area contributed by atoms with Crippen molar-refractivity contribution >= 4 is 17.5 Å². The minimum Gasteiger partial charge on any atom is -0.507 e. The third-order valence-corrected chi connectivity index (χ3v) is 4.57. The number of anilines is 1. The van der Waals surface area contributed by atoms with E-state index in [4.69, 9.17) is 0 Å². The zero-order chi connectivity index (χ0) is 18.3. The van der Waals surface area contributed by atoms with Gasteiger partial charge in [-0.15, -0.1) is 0 Å². The van der Waals surface area contributed by atoms with Crippen molar-refractivity contribution in [2.75, 3.05) is 4.90 Å². The highest BCUT2D eigenvalue weighted by Crippen LogP contribution is 2.43. The van der Waals surface area contributed by atoms with Gasteiger partial charge < -0.3 is 5.11 Å². The van der Waals surface area contributed by atoms with Crippen LogP contribution in [0, 0.1) is 0 Å². The van der Waals surface area contributed by atoms with Crippen molar-refractivity contribution in [2.45, 2.75) is 65.2 Å². The van der Waals surface area contributed by atoms with Crippen LogP contribution in [0.2, 0.25) is 0 Å². The molecule has 2 amide bonds. The number of phenols is 1. The molecule has 24 heavy (non-hydrogen) atoms. The first-order chi connectivity index (χ1) is 11.0. The first-order valence-corrected chi connectivity index (χ1v) is 8.43. The molecule has 1 heterocycles. The summed E-state index contributed by atoms with van der Waals surface area (Å²) in [4.78, 5) is 25.3. The van der Waals surface area contributed by atoms with Gasteiger partial charge in [-0.05, 0) is 29.4 Å². The highest BCUT2D eigenvalue weighted by atomic mass is 16.3. The van der Waals surface area contributed by atoms with Crippen LogP contribution in [0.15, 0.2) is 24.3 Å². The summed E-state index contributed by atoms with van der Waals surface area (Å²) in [5, 5.41) is 10.9. The van der Waals surface area contributed by atoms with Crippen molar-refractivity contribution in [3.63, 3.8) is 0 Å². The Labute approximate surface area is 144 Å². The predicted octanol–water partition coefficient (Wildman–Crippen LogP) is 4.20. The van der Waals surface area contributed by atoms with Gasteiger partial charge in [0.15, 0.2) is 0 Å². The van der Waals surface area contributed by atoms with Crippen LogP contribution in [0.1, 0.15) is 65.5 Å². The first-order valence-electron chi connectivity index (χ1n) is 8.43. The Morgan fingerprint density at radius 1 is 0.958 bits per heavy atom. The van der Waals surface area contributed by atoms with E-state index in [9.17, 15) is 14.7 Å². The average molecular weight is 329 g/mol. The van der Waals surface area contributed by atoms with Crippen LogP contribution < -0.4 is 4.90 Å². The van der Waals surface area contributed by atoms with E-state index < -0.39 is 0 Å². The molecule has 0 fully saturated rings. The molecular formula is C20H27NO3. The minimum absolute atomic E-state index is 0.256. The molecule has 0 spiro atoms. The van der Waals surface area contributed by atoms with Crippen molar-refractivity contribution in [1.82, 2.24) is 0 Å². The summed E-state index contributed by atoms with van der Waals surface area (Å²) in [5.74, 6) is -0.425. The number of carbonyl (C=O) groups is 2. The summed E-state index contributed by atoms with van der Waals surface area (Å²) >= 11 is 0. The number of hydrogen-bond acceptors (Lipinski definition) is 3. The lowest BCUT2D eigenvalue weighted by atomic mass is 9.76. The van der Waals surface area contributed by atoms with Gasteiger partial charge in [0.05, 0.1) is 5.69 Å². The average Bonchev–Trinajstić information content (AvgIpc) is 2.77. The quantitative estimate of drug-likeness (QED) is 0.842. The van der Waals surface area contributed by atoms with Crippen LogP contribution in [-0.4, -0.2) is 16.9 Å². The van der Waals surface area contributed by atoms with E-state index in [2.05, 4.69) is 20.8 Å². The maximum atomic E-state index is 12.1. The molecule has 0 unspecified atom stereocenters. The monoisotopic (exact) mass is 329 g/mol. The number of aromatic hydroxyl groups is 1. The second-order valence-electron chi connectivity index (χ2n) is 8.12. The Hall–Kier alpha value is -2.10. The fraction of sp³-hybridized carbons (Fsp3) is 0.500. The van der Waals surface area contributed by atoms with Crippen LogP contribution in [-0.2, 0) is 20.4 Å². The lowest BCUT2D eigenvalue weighted by Crippen LogP contribution is -2.31. The molecule has 1 aliphatic heterocycles. The van der Waals surface area contributed by atoms with E-state index in [0.29, 0.717) is 5.69 Å². The summed E-state index contributed by atoms with van der Waals surface area (Å²) < 4.78 is 0. The van der Waals surface area contributed by atoms with Crippen molar-refractivity contribution in [3.8, 4) is 5.75 Å².